The number of carbonyl (C=O) groups is 2. The average molecular weight is 850 g/mol. The van der Waals surface area contributed by atoms with Crippen molar-refractivity contribution in [1.29, 1.82) is 0 Å². The summed E-state index contributed by atoms with van der Waals surface area (Å²) in [5.41, 5.74) is 10.7. The molecule has 1 atom stereocenters. The Balaban J connectivity index is 0.860. The van der Waals surface area contributed by atoms with Crippen LogP contribution in [0, 0.1) is 32.6 Å². The van der Waals surface area contributed by atoms with Crippen LogP contribution in [0.4, 0.5) is 5.69 Å². The Morgan fingerprint density at radius 3 is 2.10 bits per heavy atom. The number of hydrogen-bond donors (Lipinski definition) is 3. The Morgan fingerprint density at radius 2 is 1.46 bits per heavy atom. The van der Waals surface area contributed by atoms with Crippen molar-refractivity contribution in [3.05, 3.63) is 92.3 Å². The van der Waals surface area contributed by atoms with Gasteiger partial charge in [-0.2, -0.15) is 0 Å². The monoisotopic (exact) mass is 849 g/mol. The van der Waals surface area contributed by atoms with Crippen LogP contribution in [-0.2, 0) is 38.0 Å². The van der Waals surface area contributed by atoms with Gasteiger partial charge in [0, 0.05) is 38.8 Å². The van der Waals surface area contributed by atoms with Gasteiger partial charge in [-0.1, -0.05) is 41.6 Å². The summed E-state index contributed by atoms with van der Waals surface area (Å²) in [6, 6.07) is 14.3. The van der Waals surface area contributed by atoms with Gasteiger partial charge in [-0.15, -0.1) is 21.5 Å². The van der Waals surface area contributed by atoms with E-state index < -0.39 is 6.04 Å². The number of nitrogens with one attached hydrogen (secondary N) is 2. The molecular formula is C42H52ClN7O8S. The normalized spacial score (nSPS) is 13.2. The summed E-state index contributed by atoms with van der Waals surface area (Å²) in [7, 11) is 0. The molecule has 2 amide bonds. The standard InChI is InChI=1S/C42H52ClN7O8S/c1-29-30(2)59-42-39(29)40(33-9-11-34(43)12-10-33)47-36(41-49-48-31(3)50(41)42)27-37(51)45-14-15-53-16-17-54-18-19-55-20-21-56-22-23-57-24-25-58-28-38(52)46-35-8-4-6-32(26-35)7-5-13-44/h4,6,8-12,26,36H,13-25,27-28,44H2,1-3H3,(H,45,51)(H,46,52)/t36-/m0/s1. The maximum Gasteiger partial charge on any atom is 0.250 e. The van der Waals surface area contributed by atoms with Gasteiger partial charge in [0.1, 0.15) is 23.5 Å². The van der Waals surface area contributed by atoms with Crippen LogP contribution in [0.5, 0.6) is 0 Å². The first-order valence-electron chi connectivity index (χ1n) is 19.4. The smallest absolute Gasteiger partial charge is 0.250 e. The Bertz CT molecular complexity index is 2060. The Labute approximate surface area is 353 Å². The van der Waals surface area contributed by atoms with E-state index in [0.29, 0.717) is 89.1 Å². The van der Waals surface area contributed by atoms with Crippen molar-refractivity contribution in [2.45, 2.75) is 33.2 Å². The molecule has 5 rings (SSSR count). The molecule has 316 valence electrons. The molecular weight excluding hydrogens is 798 g/mol. The number of benzene rings is 2. The van der Waals surface area contributed by atoms with E-state index in [2.05, 4.69) is 46.5 Å². The highest BCUT2D eigenvalue weighted by atomic mass is 35.5. The number of ether oxygens (including phenoxy) is 6. The number of thiophene rings is 1. The molecule has 2 aromatic heterocycles. The van der Waals surface area contributed by atoms with E-state index in [1.807, 2.05) is 47.9 Å². The van der Waals surface area contributed by atoms with E-state index in [9.17, 15) is 9.59 Å². The number of nitrogens with two attached hydrogens (primary N) is 1. The molecule has 59 heavy (non-hydrogen) atoms. The summed E-state index contributed by atoms with van der Waals surface area (Å²) >= 11 is 7.88. The van der Waals surface area contributed by atoms with Crippen LogP contribution in [0.3, 0.4) is 0 Å². The lowest BCUT2D eigenvalue weighted by atomic mass is 9.99. The summed E-state index contributed by atoms with van der Waals surface area (Å²) in [4.78, 5) is 31.6. The summed E-state index contributed by atoms with van der Waals surface area (Å²) < 4.78 is 35.1. The van der Waals surface area contributed by atoms with Crippen molar-refractivity contribution < 1.29 is 38.0 Å². The van der Waals surface area contributed by atoms with Crippen LogP contribution < -0.4 is 16.4 Å². The lowest BCUT2D eigenvalue weighted by Crippen LogP contribution is -2.29. The van der Waals surface area contributed by atoms with Crippen LogP contribution >= 0.6 is 22.9 Å². The Kier molecular flexibility index (Phi) is 18.9. The zero-order valence-electron chi connectivity index (χ0n) is 33.7. The van der Waals surface area contributed by atoms with Gasteiger partial charge in [-0.05, 0) is 56.7 Å². The first-order chi connectivity index (χ1) is 28.7. The summed E-state index contributed by atoms with van der Waals surface area (Å²) in [6.45, 7) is 10.9. The topological polar surface area (TPSA) is 183 Å². The van der Waals surface area contributed by atoms with Gasteiger partial charge >= 0.3 is 0 Å². The fraction of sp³-hybridized carbons (Fsp3) is 0.452. The molecule has 0 aliphatic carbocycles. The summed E-state index contributed by atoms with van der Waals surface area (Å²) in [5, 5.41) is 16.2. The molecule has 17 heteroatoms. The molecule has 15 nitrogen and oxygen atoms in total. The molecule has 0 saturated carbocycles. The van der Waals surface area contributed by atoms with Crippen LogP contribution in [0.2, 0.25) is 5.02 Å². The minimum atomic E-state index is -0.540. The van der Waals surface area contributed by atoms with E-state index in [1.54, 1.807) is 23.5 Å². The second-order valence-corrected chi connectivity index (χ2v) is 14.8. The molecule has 0 saturated heterocycles. The van der Waals surface area contributed by atoms with E-state index in [1.165, 1.54) is 4.88 Å². The second-order valence-electron chi connectivity index (χ2n) is 13.2. The highest BCUT2D eigenvalue weighted by molar-refractivity contribution is 7.15. The first kappa shape index (κ1) is 45.5. The van der Waals surface area contributed by atoms with Crippen molar-refractivity contribution >= 4 is 46.2 Å². The van der Waals surface area contributed by atoms with Gasteiger partial charge in [0.15, 0.2) is 5.82 Å². The van der Waals surface area contributed by atoms with Gasteiger partial charge in [0.25, 0.3) is 0 Å². The highest BCUT2D eigenvalue weighted by Gasteiger charge is 2.32. The molecule has 0 spiro atoms. The molecule has 4 aromatic rings. The highest BCUT2D eigenvalue weighted by Crippen LogP contribution is 2.39. The predicted molar refractivity (Wildman–Crippen MR) is 227 cm³/mol. The number of amides is 2. The minimum Gasteiger partial charge on any atom is -0.377 e. The van der Waals surface area contributed by atoms with Crippen molar-refractivity contribution in [3.8, 4) is 16.8 Å². The van der Waals surface area contributed by atoms with Crippen molar-refractivity contribution in [2.24, 2.45) is 10.7 Å². The SMILES string of the molecule is Cc1sc2c(c1C)C(c1ccc(Cl)cc1)=N[C@@H](CC(=O)NCCOCCOCCOCCOCCOCCOCC(=O)Nc1cccc(C#CCN)c1)c1nnc(C)n1-2. The number of aliphatic imine (C=N–C) groups is 1. The van der Waals surface area contributed by atoms with Gasteiger partial charge < -0.3 is 44.8 Å². The zero-order valence-corrected chi connectivity index (χ0v) is 35.3. The lowest BCUT2D eigenvalue weighted by Gasteiger charge is -2.13. The second kappa shape index (κ2) is 24.5. The van der Waals surface area contributed by atoms with Crippen molar-refractivity contribution in [3.63, 3.8) is 0 Å². The number of aryl methyl sites for hydroxylation is 2. The molecule has 4 N–H and O–H groups in total. The average Bonchev–Trinajstić information content (AvgIpc) is 3.71. The Hall–Kier alpha value is -4.54. The number of carbonyl (C=O) groups excluding carboxylic acids is 2. The maximum absolute atomic E-state index is 13.1. The fourth-order valence-electron chi connectivity index (χ4n) is 5.93. The van der Waals surface area contributed by atoms with Gasteiger partial charge in [0.2, 0.25) is 11.8 Å². The molecule has 0 bridgehead atoms. The van der Waals surface area contributed by atoms with Crippen molar-refractivity contribution in [2.75, 3.05) is 97.7 Å². The number of aromatic nitrogens is 3. The quantitative estimate of drug-likeness (QED) is 0.0674. The lowest BCUT2D eigenvalue weighted by molar-refractivity contribution is -0.122. The molecule has 0 radical (unpaired) electrons. The Morgan fingerprint density at radius 1 is 0.831 bits per heavy atom. The van der Waals surface area contributed by atoms with Gasteiger partial charge in [0.05, 0.1) is 91.4 Å². The van der Waals surface area contributed by atoms with E-state index >= 15 is 0 Å². The third-order valence-electron chi connectivity index (χ3n) is 8.88. The molecule has 3 heterocycles. The van der Waals surface area contributed by atoms with Crippen LogP contribution in [0.1, 0.15) is 51.2 Å². The van der Waals surface area contributed by atoms with E-state index in [0.717, 1.165) is 38.8 Å². The minimum absolute atomic E-state index is 0.0810. The van der Waals surface area contributed by atoms with E-state index in [-0.39, 0.29) is 38.0 Å². The number of nitrogens with zero attached hydrogens (tertiary/aromatic N) is 4. The third kappa shape index (κ3) is 14.3. The number of rotatable bonds is 24. The zero-order chi connectivity index (χ0) is 41.8. The first-order valence-corrected chi connectivity index (χ1v) is 20.6. The number of hydrogen-bond acceptors (Lipinski definition) is 13. The number of halogens is 1. The summed E-state index contributed by atoms with van der Waals surface area (Å²) in [6.07, 6.45) is 0.105. The third-order valence-corrected chi connectivity index (χ3v) is 10.3. The van der Waals surface area contributed by atoms with E-state index in [4.69, 9.17) is 50.7 Å². The van der Waals surface area contributed by atoms with Gasteiger partial charge in [-0.25, -0.2) is 0 Å². The van der Waals surface area contributed by atoms with Crippen LogP contribution in [0.25, 0.3) is 5.00 Å². The molecule has 0 unspecified atom stereocenters. The molecule has 0 fully saturated rings. The molecule has 1 aliphatic heterocycles. The molecule has 1 aliphatic rings. The summed E-state index contributed by atoms with van der Waals surface area (Å²) in [5.74, 6) is 6.66. The van der Waals surface area contributed by atoms with Crippen molar-refractivity contribution in [1.82, 2.24) is 20.1 Å². The van der Waals surface area contributed by atoms with Crippen LogP contribution in [0.15, 0.2) is 53.5 Å². The van der Waals surface area contributed by atoms with Gasteiger partial charge in [-0.3, -0.25) is 19.1 Å². The maximum atomic E-state index is 13.1. The number of anilines is 1. The molecule has 2 aromatic carbocycles. The largest absolute Gasteiger partial charge is 0.377 e. The number of fused-ring (bicyclic) bond motifs is 3. The fourth-order valence-corrected chi connectivity index (χ4v) is 7.27. The predicted octanol–water partition coefficient (Wildman–Crippen LogP) is 4.35. The van der Waals surface area contributed by atoms with Crippen LogP contribution in [-0.4, -0.2) is 125 Å².